The lowest BCUT2D eigenvalue weighted by Crippen LogP contribution is -2.36. The van der Waals surface area contributed by atoms with Gasteiger partial charge in [0, 0.05) is 42.7 Å². The van der Waals surface area contributed by atoms with E-state index in [2.05, 4.69) is 9.71 Å². The van der Waals surface area contributed by atoms with E-state index >= 15 is 0 Å². The van der Waals surface area contributed by atoms with Crippen LogP contribution in [0.25, 0.3) is 0 Å². The maximum Gasteiger partial charge on any atom is 0.264 e. The largest absolute Gasteiger partial charge is 0.497 e. The summed E-state index contributed by atoms with van der Waals surface area (Å²) in [5.41, 5.74) is 1.45. The van der Waals surface area contributed by atoms with E-state index in [-0.39, 0.29) is 22.1 Å². The van der Waals surface area contributed by atoms with E-state index in [1.807, 2.05) is 0 Å². The van der Waals surface area contributed by atoms with Crippen molar-refractivity contribution in [3.05, 3.63) is 35.2 Å². The van der Waals surface area contributed by atoms with E-state index in [4.69, 9.17) is 9.47 Å². The highest BCUT2D eigenvalue weighted by atomic mass is 32.2. The van der Waals surface area contributed by atoms with Gasteiger partial charge in [0.25, 0.3) is 15.9 Å². The summed E-state index contributed by atoms with van der Waals surface area (Å²) in [5, 5.41) is 0. The van der Waals surface area contributed by atoms with Crippen LogP contribution in [0.5, 0.6) is 11.5 Å². The van der Waals surface area contributed by atoms with Crippen molar-refractivity contribution >= 4 is 21.6 Å². The highest BCUT2D eigenvalue weighted by Crippen LogP contribution is 2.31. The minimum atomic E-state index is -4.03. The Labute approximate surface area is 171 Å². The topological polar surface area (TPSA) is 101 Å². The molecule has 0 aliphatic carbocycles. The van der Waals surface area contributed by atoms with Gasteiger partial charge in [0.05, 0.1) is 25.5 Å². The average molecular weight is 422 g/mol. The third-order valence-corrected chi connectivity index (χ3v) is 6.60. The van der Waals surface area contributed by atoms with Crippen LogP contribution < -0.4 is 14.2 Å². The van der Waals surface area contributed by atoms with E-state index in [9.17, 15) is 13.2 Å². The number of hydrogen-bond donors (Lipinski definition) is 2. The van der Waals surface area contributed by atoms with Crippen molar-refractivity contribution in [1.82, 2.24) is 9.88 Å². The molecule has 3 rings (SSSR count). The molecule has 0 unspecified atom stereocenters. The first-order valence-electron chi connectivity index (χ1n) is 9.51. The molecule has 0 atom stereocenters. The Morgan fingerprint density at radius 1 is 1.00 bits per heavy atom. The Kier molecular flexibility index (Phi) is 6.07. The summed E-state index contributed by atoms with van der Waals surface area (Å²) in [6, 6.07) is 4.76. The number of hydrogen-bond acceptors (Lipinski definition) is 5. The van der Waals surface area contributed by atoms with Gasteiger partial charge in [0.15, 0.2) is 0 Å². The molecular weight excluding hydrogens is 394 g/mol. The van der Waals surface area contributed by atoms with Crippen LogP contribution in [0.15, 0.2) is 23.1 Å². The number of anilines is 1. The van der Waals surface area contributed by atoms with Gasteiger partial charge in [-0.3, -0.25) is 9.52 Å². The first-order chi connectivity index (χ1) is 13.8. The van der Waals surface area contributed by atoms with Gasteiger partial charge < -0.3 is 19.4 Å². The number of H-pyrrole nitrogens is 1. The number of aromatic nitrogens is 1. The molecule has 1 aliphatic rings. The second kappa shape index (κ2) is 8.36. The minimum Gasteiger partial charge on any atom is -0.497 e. The van der Waals surface area contributed by atoms with Gasteiger partial charge >= 0.3 is 0 Å². The molecule has 1 saturated heterocycles. The van der Waals surface area contributed by atoms with Crippen molar-refractivity contribution in [1.29, 1.82) is 0 Å². The van der Waals surface area contributed by atoms with Crippen molar-refractivity contribution in [2.45, 2.75) is 38.0 Å². The number of methoxy groups -OCH3 is 2. The van der Waals surface area contributed by atoms with Crippen LogP contribution in [0.2, 0.25) is 0 Å². The Bertz CT molecular complexity index is 985. The van der Waals surface area contributed by atoms with E-state index in [0.29, 0.717) is 36.0 Å². The smallest absolute Gasteiger partial charge is 0.264 e. The Morgan fingerprint density at radius 3 is 2.14 bits per heavy atom. The van der Waals surface area contributed by atoms with Gasteiger partial charge in [-0.15, -0.1) is 0 Å². The lowest BCUT2D eigenvalue weighted by molar-refractivity contribution is 0.0720. The molecule has 1 aromatic carbocycles. The summed E-state index contributed by atoms with van der Waals surface area (Å²) >= 11 is 0. The van der Waals surface area contributed by atoms with Crippen LogP contribution in [0.4, 0.5) is 5.69 Å². The number of likely N-dealkylation sites (tertiary alicyclic amines) is 1. The van der Waals surface area contributed by atoms with Crippen molar-refractivity contribution in [3.63, 3.8) is 0 Å². The number of sulfonamides is 1. The minimum absolute atomic E-state index is 0.0210. The van der Waals surface area contributed by atoms with Crippen LogP contribution in [0, 0.1) is 13.8 Å². The maximum atomic E-state index is 13.3. The van der Waals surface area contributed by atoms with Gasteiger partial charge in [0.2, 0.25) is 0 Å². The Morgan fingerprint density at radius 2 is 1.59 bits per heavy atom. The number of amides is 1. The number of rotatable bonds is 6. The molecule has 1 fully saturated rings. The summed E-state index contributed by atoms with van der Waals surface area (Å²) in [5.74, 6) is 0.650. The SMILES string of the molecule is COc1cc(NS(=O)(=O)c2c(C)[nH]c(C)c2C(=O)N2CCCCC2)cc(OC)c1. The van der Waals surface area contributed by atoms with Gasteiger partial charge in [-0.2, -0.15) is 0 Å². The number of benzene rings is 1. The molecule has 2 aromatic rings. The normalized spacial score (nSPS) is 14.6. The van der Waals surface area contributed by atoms with Crippen molar-refractivity contribution in [2.24, 2.45) is 0 Å². The van der Waals surface area contributed by atoms with Gasteiger partial charge in [-0.25, -0.2) is 8.42 Å². The fourth-order valence-corrected chi connectivity index (χ4v) is 5.17. The number of carbonyl (C=O) groups excluding carboxylic acids is 1. The lowest BCUT2D eigenvalue weighted by Gasteiger charge is -2.27. The number of nitrogens with one attached hydrogen (secondary N) is 2. The molecule has 0 saturated carbocycles. The summed E-state index contributed by atoms with van der Waals surface area (Å²) < 4.78 is 39.5. The van der Waals surface area contributed by atoms with E-state index in [1.165, 1.54) is 14.2 Å². The number of nitrogens with zero attached hydrogens (tertiary/aromatic N) is 1. The Hall–Kier alpha value is -2.68. The van der Waals surface area contributed by atoms with Gasteiger partial charge in [0.1, 0.15) is 16.4 Å². The predicted molar refractivity (Wildman–Crippen MR) is 110 cm³/mol. The highest BCUT2D eigenvalue weighted by molar-refractivity contribution is 7.92. The zero-order chi connectivity index (χ0) is 21.2. The van der Waals surface area contributed by atoms with Gasteiger partial charge in [-0.1, -0.05) is 0 Å². The molecule has 2 heterocycles. The summed E-state index contributed by atoms with van der Waals surface area (Å²) in [4.78, 5) is 17.9. The number of piperidine rings is 1. The third-order valence-electron chi connectivity index (χ3n) is 5.05. The first kappa shape index (κ1) is 21.0. The summed E-state index contributed by atoms with van der Waals surface area (Å²) in [6.45, 7) is 4.66. The number of ether oxygens (including phenoxy) is 2. The van der Waals surface area contributed by atoms with Gasteiger partial charge in [-0.05, 0) is 33.1 Å². The van der Waals surface area contributed by atoms with Crippen LogP contribution in [0.1, 0.15) is 41.0 Å². The molecular formula is C20H27N3O5S. The van der Waals surface area contributed by atoms with Crippen molar-refractivity contribution in [3.8, 4) is 11.5 Å². The predicted octanol–water partition coefficient (Wildman–Crippen LogP) is 3.08. The summed E-state index contributed by atoms with van der Waals surface area (Å²) in [7, 11) is -1.05. The third kappa shape index (κ3) is 4.34. The lowest BCUT2D eigenvalue weighted by atomic mass is 10.1. The average Bonchev–Trinajstić information content (AvgIpc) is 3.01. The molecule has 1 aliphatic heterocycles. The molecule has 29 heavy (non-hydrogen) atoms. The van der Waals surface area contributed by atoms with E-state index < -0.39 is 10.0 Å². The second-order valence-corrected chi connectivity index (χ2v) is 8.76. The molecule has 0 radical (unpaired) electrons. The second-order valence-electron chi connectivity index (χ2n) is 7.14. The standard InChI is InChI=1S/C20H27N3O5S/c1-13-18(20(24)23-8-6-5-7-9-23)19(14(2)21-13)29(25,26)22-15-10-16(27-3)12-17(11-15)28-4/h10-12,21-22H,5-9H2,1-4H3. The Balaban J connectivity index is 2.00. The quantitative estimate of drug-likeness (QED) is 0.747. The molecule has 0 bridgehead atoms. The number of carbonyl (C=O) groups is 1. The maximum absolute atomic E-state index is 13.3. The van der Waals surface area contributed by atoms with Crippen LogP contribution in [-0.4, -0.2) is 51.5 Å². The first-order valence-corrected chi connectivity index (χ1v) is 11.0. The van der Waals surface area contributed by atoms with Crippen LogP contribution >= 0.6 is 0 Å². The van der Waals surface area contributed by atoms with E-state index in [1.54, 1.807) is 36.9 Å². The number of aryl methyl sites for hydroxylation is 2. The molecule has 9 heteroatoms. The zero-order valence-electron chi connectivity index (χ0n) is 17.2. The van der Waals surface area contributed by atoms with Crippen molar-refractivity contribution in [2.75, 3.05) is 32.0 Å². The summed E-state index contributed by atoms with van der Waals surface area (Å²) in [6.07, 6.45) is 2.94. The molecule has 1 amide bonds. The molecule has 0 spiro atoms. The fourth-order valence-electron chi connectivity index (χ4n) is 3.68. The van der Waals surface area contributed by atoms with Crippen molar-refractivity contribution < 1.29 is 22.7 Å². The van der Waals surface area contributed by atoms with E-state index in [0.717, 1.165) is 19.3 Å². The zero-order valence-corrected chi connectivity index (χ0v) is 18.0. The highest BCUT2D eigenvalue weighted by Gasteiger charge is 2.32. The molecule has 8 nitrogen and oxygen atoms in total. The monoisotopic (exact) mass is 421 g/mol. The molecule has 2 N–H and O–H groups in total. The van der Waals surface area contributed by atoms with Crippen LogP contribution in [0.3, 0.4) is 0 Å². The fraction of sp³-hybridized carbons (Fsp3) is 0.450. The number of aromatic amines is 1. The molecule has 158 valence electrons. The molecule has 1 aromatic heterocycles. The van der Waals surface area contributed by atoms with Crippen LogP contribution in [-0.2, 0) is 10.0 Å².